The van der Waals surface area contributed by atoms with Gasteiger partial charge in [-0.25, -0.2) is 13.8 Å². The minimum atomic E-state index is -0.837. The molecule has 0 saturated carbocycles. The second-order valence-electron chi connectivity index (χ2n) is 3.10. The zero-order chi connectivity index (χ0) is 10.8. The van der Waals surface area contributed by atoms with Crippen LogP contribution in [-0.4, -0.2) is 4.98 Å². The third-order valence-electron chi connectivity index (χ3n) is 1.94. The van der Waals surface area contributed by atoms with E-state index in [1.54, 1.807) is 5.38 Å². The van der Waals surface area contributed by atoms with Gasteiger partial charge < -0.3 is 5.73 Å². The van der Waals surface area contributed by atoms with Crippen LogP contribution in [0.3, 0.4) is 0 Å². The van der Waals surface area contributed by atoms with Gasteiger partial charge in [0.25, 0.3) is 0 Å². The minimum Gasteiger partial charge on any atom is -0.375 e. The number of thiazole rings is 1. The topological polar surface area (TPSA) is 38.9 Å². The van der Waals surface area contributed by atoms with E-state index in [1.807, 2.05) is 0 Å². The van der Waals surface area contributed by atoms with Crippen molar-refractivity contribution in [2.75, 3.05) is 5.73 Å². The molecule has 0 unspecified atom stereocenters. The first-order chi connectivity index (χ1) is 7.15. The number of nitrogen functional groups attached to an aromatic ring is 1. The van der Waals surface area contributed by atoms with E-state index in [-0.39, 0.29) is 0 Å². The molecule has 0 radical (unpaired) electrons. The van der Waals surface area contributed by atoms with E-state index >= 15 is 0 Å². The summed E-state index contributed by atoms with van der Waals surface area (Å²) in [6, 6.07) is 3.82. The molecule has 0 bridgehead atoms. The van der Waals surface area contributed by atoms with Crippen LogP contribution in [0, 0.1) is 11.6 Å². The molecule has 2 rings (SSSR count). The number of anilines is 1. The van der Waals surface area contributed by atoms with E-state index in [2.05, 4.69) is 4.98 Å². The van der Waals surface area contributed by atoms with Gasteiger partial charge in [-0.15, -0.1) is 11.3 Å². The Morgan fingerprint density at radius 2 is 2.07 bits per heavy atom. The van der Waals surface area contributed by atoms with Crippen molar-refractivity contribution in [1.82, 2.24) is 4.98 Å². The summed E-state index contributed by atoms with van der Waals surface area (Å²) in [6.07, 6.45) is 0.463. The Morgan fingerprint density at radius 3 is 2.67 bits per heavy atom. The van der Waals surface area contributed by atoms with Crippen molar-refractivity contribution >= 4 is 16.5 Å². The summed E-state index contributed by atoms with van der Waals surface area (Å²) in [5.74, 6) is -1.67. The van der Waals surface area contributed by atoms with Gasteiger partial charge >= 0.3 is 0 Å². The molecule has 0 amide bonds. The van der Waals surface area contributed by atoms with Crippen LogP contribution in [0.15, 0.2) is 23.6 Å². The highest BCUT2D eigenvalue weighted by Crippen LogP contribution is 2.16. The molecule has 78 valence electrons. The smallest absolute Gasteiger partial charge is 0.180 e. The molecule has 1 aromatic carbocycles. The Morgan fingerprint density at radius 1 is 1.27 bits per heavy atom. The SMILES string of the molecule is Nc1nc(Cc2ccc(F)c(F)c2)cs1. The fourth-order valence-corrected chi connectivity index (χ4v) is 1.83. The highest BCUT2D eigenvalue weighted by molar-refractivity contribution is 7.13. The van der Waals surface area contributed by atoms with Crippen LogP contribution >= 0.6 is 11.3 Å². The predicted molar refractivity (Wildman–Crippen MR) is 55.7 cm³/mol. The van der Waals surface area contributed by atoms with Crippen molar-refractivity contribution in [2.24, 2.45) is 0 Å². The summed E-state index contributed by atoms with van der Waals surface area (Å²) in [5, 5.41) is 2.28. The molecule has 0 aliphatic rings. The van der Waals surface area contributed by atoms with Gasteiger partial charge in [-0.05, 0) is 17.7 Å². The molecule has 1 heterocycles. The van der Waals surface area contributed by atoms with Crippen molar-refractivity contribution in [3.05, 3.63) is 46.5 Å². The fourth-order valence-electron chi connectivity index (χ4n) is 1.26. The predicted octanol–water partition coefficient (Wildman–Crippen LogP) is 2.59. The van der Waals surface area contributed by atoms with Gasteiger partial charge in [-0.1, -0.05) is 6.07 Å². The van der Waals surface area contributed by atoms with Crippen LogP contribution in [0.5, 0.6) is 0 Å². The van der Waals surface area contributed by atoms with Gasteiger partial charge in [0.1, 0.15) is 0 Å². The molecular formula is C10H8F2N2S. The molecule has 2 N–H and O–H groups in total. The van der Waals surface area contributed by atoms with E-state index in [0.29, 0.717) is 17.1 Å². The molecule has 1 aromatic heterocycles. The van der Waals surface area contributed by atoms with E-state index < -0.39 is 11.6 Å². The molecule has 2 nitrogen and oxygen atoms in total. The van der Waals surface area contributed by atoms with Gasteiger partial charge in [0.15, 0.2) is 16.8 Å². The first kappa shape index (κ1) is 10.0. The summed E-state index contributed by atoms with van der Waals surface area (Å²) < 4.78 is 25.5. The lowest BCUT2D eigenvalue weighted by Crippen LogP contribution is -1.92. The lowest BCUT2D eigenvalue weighted by Gasteiger charge is -1.99. The van der Waals surface area contributed by atoms with Gasteiger partial charge in [-0.2, -0.15) is 0 Å². The van der Waals surface area contributed by atoms with Crippen LogP contribution < -0.4 is 5.73 Å². The van der Waals surface area contributed by atoms with E-state index in [0.717, 1.165) is 11.8 Å². The number of benzene rings is 1. The maximum absolute atomic E-state index is 12.9. The number of halogens is 2. The lowest BCUT2D eigenvalue weighted by molar-refractivity contribution is 0.507. The fraction of sp³-hybridized carbons (Fsp3) is 0.100. The zero-order valence-electron chi connectivity index (χ0n) is 7.71. The molecule has 0 atom stereocenters. The standard InChI is InChI=1S/C10H8F2N2S/c11-8-2-1-6(4-9(8)12)3-7-5-15-10(13)14-7/h1-2,4-5H,3H2,(H2,13,14). The first-order valence-corrected chi connectivity index (χ1v) is 5.17. The van der Waals surface area contributed by atoms with Gasteiger partial charge in [0.2, 0.25) is 0 Å². The van der Waals surface area contributed by atoms with Gasteiger partial charge in [0.05, 0.1) is 5.69 Å². The van der Waals surface area contributed by atoms with Crippen molar-refractivity contribution in [1.29, 1.82) is 0 Å². The number of nitrogens with two attached hydrogens (primary N) is 1. The van der Waals surface area contributed by atoms with Crippen molar-refractivity contribution < 1.29 is 8.78 Å². The van der Waals surface area contributed by atoms with Crippen molar-refractivity contribution in [3.63, 3.8) is 0 Å². The molecule has 5 heteroatoms. The molecule has 0 spiro atoms. The number of aromatic nitrogens is 1. The first-order valence-electron chi connectivity index (χ1n) is 4.29. The number of rotatable bonds is 2. The molecule has 0 saturated heterocycles. The average Bonchev–Trinajstić information content (AvgIpc) is 2.58. The molecule has 15 heavy (non-hydrogen) atoms. The summed E-state index contributed by atoms with van der Waals surface area (Å²) in [7, 11) is 0. The highest BCUT2D eigenvalue weighted by Gasteiger charge is 2.05. The largest absolute Gasteiger partial charge is 0.375 e. The number of nitrogens with zero attached hydrogens (tertiary/aromatic N) is 1. The quantitative estimate of drug-likeness (QED) is 0.854. The third kappa shape index (κ3) is 2.30. The normalized spacial score (nSPS) is 10.5. The van der Waals surface area contributed by atoms with Gasteiger partial charge in [0, 0.05) is 11.8 Å². The van der Waals surface area contributed by atoms with Crippen LogP contribution in [0.4, 0.5) is 13.9 Å². The zero-order valence-corrected chi connectivity index (χ0v) is 8.52. The minimum absolute atomic E-state index is 0.463. The summed E-state index contributed by atoms with van der Waals surface area (Å²) >= 11 is 1.33. The van der Waals surface area contributed by atoms with Crippen molar-refractivity contribution in [3.8, 4) is 0 Å². The molecule has 0 aliphatic carbocycles. The van der Waals surface area contributed by atoms with Gasteiger partial charge in [-0.3, -0.25) is 0 Å². The van der Waals surface area contributed by atoms with Crippen molar-refractivity contribution in [2.45, 2.75) is 6.42 Å². The second-order valence-corrected chi connectivity index (χ2v) is 3.99. The van der Waals surface area contributed by atoms with E-state index in [1.165, 1.54) is 23.5 Å². The Hall–Kier alpha value is -1.49. The summed E-state index contributed by atoms with van der Waals surface area (Å²) in [5.41, 5.74) is 6.91. The Kier molecular flexibility index (Phi) is 2.64. The third-order valence-corrected chi connectivity index (χ3v) is 2.66. The summed E-state index contributed by atoms with van der Waals surface area (Å²) in [4.78, 5) is 4.04. The maximum atomic E-state index is 12.9. The number of hydrogen-bond acceptors (Lipinski definition) is 3. The second kappa shape index (κ2) is 3.94. The van der Waals surface area contributed by atoms with E-state index in [9.17, 15) is 8.78 Å². The van der Waals surface area contributed by atoms with E-state index in [4.69, 9.17) is 5.73 Å². The van der Waals surface area contributed by atoms with Crippen LogP contribution in [0.2, 0.25) is 0 Å². The van der Waals surface area contributed by atoms with Crippen LogP contribution in [-0.2, 0) is 6.42 Å². The highest BCUT2D eigenvalue weighted by atomic mass is 32.1. The molecule has 0 fully saturated rings. The van der Waals surface area contributed by atoms with Crippen LogP contribution in [0.1, 0.15) is 11.3 Å². The van der Waals surface area contributed by atoms with Crippen LogP contribution in [0.25, 0.3) is 0 Å². The maximum Gasteiger partial charge on any atom is 0.180 e. The number of hydrogen-bond donors (Lipinski definition) is 1. The monoisotopic (exact) mass is 226 g/mol. The summed E-state index contributed by atoms with van der Waals surface area (Å²) in [6.45, 7) is 0. The lowest BCUT2D eigenvalue weighted by atomic mass is 10.1. The molecule has 0 aliphatic heterocycles. The Bertz CT molecular complexity index is 482. The Labute approximate surface area is 89.4 Å². The Balaban J connectivity index is 2.21. The molecular weight excluding hydrogens is 218 g/mol. The average molecular weight is 226 g/mol. The molecule has 2 aromatic rings.